The van der Waals surface area contributed by atoms with Crippen molar-refractivity contribution < 1.29 is 14.4 Å². The van der Waals surface area contributed by atoms with E-state index in [1.165, 1.54) is 5.57 Å². The number of carbonyl (C=O) groups is 3. The molecule has 0 aromatic carbocycles. The normalized spacial score (nSPS) is 30.8. The van der Waals surface area contributed by atoms with Crippen molar-refractivity contribution in [3.63, 3.8) is 0 Å². The Kier molecular flexibility index (Phi) is 5.04. The third-order valence-electron chi connectivity index (χ3n) is 8.07. The Balaban J connectivity index is 1.27. The Morgan fingerprint density at radius 3 is 2.82 bits per heavy atom. The first-order chi connectivity index (χ1) is 15.6. The second-order valence-corrected chi connectivity index (χ2v) is 10.5. The van der Waals surface area contributed by atoms with Crippen LogP contribution >= 0.6 is 0 Å². The van der Waals surface area contributed by atoms with E-state index in [1.54, 1.807) is 4.90 Å². The van der Waals surface area contributed by atoms with Gasteiger partial charge in [0.2, 0.25) is 17.7 Å². The van der Waals surface area contributed by atoms with E-state index < -0.39 is 11.0 Å². The minimum atomic E-state index is -0.618. The van der Waals surface area contributed by atoms with Crippen molar-refractivity contribution in [3.8, 4) is 0 Å². The second-order valence-electron chi connectivity index (χ2n) is 10.5. The van der Waals surface area contributed by atoms with Gasteiger partial charge in [0, 0.05) is 30.4 Å². The van der Waals surface area contributed by atoms with E-state index in [2.05, 4.69) is 34.2 Å². The molecule has 0 radical (unpaired) electrons. The number of nitrogens with zero attached hydrogens (tertiary/aromatic N) is 2. The van der Waals surface area contributed by atoms with Gasteiger partial charge in [0.05, 0.1) is 11.0 Å². The maximum atomic E-state index is 13.0. The number of carbonyl (C=O) groups excluding carboxylic acids is 3. The molecular weight excluding hydrogens is 418 g/mol. The Morgan fingerprint density at radius 1 is 1.24 bits per heavy atom. The minimum Gasteiger partial charge on any atom is -0.368 e. The van der Waals surface area contributed by atoms with Crippen LogP contribution in [0.25, 0.3) is 0 Å². The van der Waals surface area contributed by atoms with Crippen molar-refractivity contribution in [1.82, 2.24) is 25.8 Å². The molecule has 3 heterocycles. The highest BCUT2D eigenvalue weighted by molar-refractivity contribution is 5.94. The average molecular weight is 452 g/mol. The lowest BCUT2D eigenvalue weighted by Crippen LogP contribution is -2.66. The lowest BCUT2D eigenvalue weighted by atomic mass is 9.77. The Bertz CT molecular complexity index is 1070. The van der Waals surface area contributed by atoms with Gasteiger partial charge in [-0.15, -0.1) is 0 Å². The van der Waals surface area contributed by atoms with Crippen molar-refractivity contribution in [2.75, 3.05) is 26.7 Å². The fourth-order valence-corrected chi connectivity index (χ4v) is 5.83. The first-order valence-corrected chi connectivity index (χ1v) is 11.8. The van der Waals surface area contributed by atoms with Crippen molar-refractivity contribution in [3.05, 3.63) is 46.5 Å². The highest BCUT2D eigenvalue weighted by atomic mass is 16.2. The fraction of sp³-hybridized carbons (Fsp3) is 0.560. The highest BCUT2D eigenvalue weighted by Crippen LogP contribution is 2.53. The molecule has 3 N–H and O–H groups in total. The van der Waals surface area contributed by atoms with Crippen molar-refractivity contribution in [2.45, 2.75) is 58.0 Å². The Morgan fingerprint density at radius 2 is 2.03 bits per heavy atom. The van der Waals surface area contributed by atoms with E-state index in [1.807, 2.05) is 32.7 Å². The lowest BCUT2D eigenvalue weighted by Gasteiger charge is -2.47. The molecule has 176 valence electrons. The van der Waals surface area contributed by atoms with Crippen LogP contribution in [0.1, 0.15) is 46.5 Å². The van der Waals surface area contributed by atoms with Crippen molar-refractivity contribution >= 4 is 17.7 Å². The Labute approximate surface area is 194 Å². The van der Waals surface area contributed by atoms with Crippen LogP contribution < -0.4 is 16.0 Å². The van der Waals surface area contributed by atoms with Crippen LogP contribution in [0.3, 0.4) is 0 Å². The summed E-state index contributed by atoms with van der Waals surface area (Å²) in [7, 11) is 1.95. The predicted octanol–water partition coefficient (Wildman–Crippen LogP) is 1.30. The van der Waals surface area contributed by atoms with Gasteiger partial charge in [0.1, 0.15) is 12.4 Å². The van der Waals surface area contributed by atoms with Crippen LogP contribution in [0.5, 0.6) is 0 Å². The lowest BCUT2D eigenvalue weighted by molar-refractivity contribution is -0.154. The smallest absolute Gasteiger partial charge is 0.243 e. The van der Waals surface area contributed by atoms with Crippen LogP contribution in [0, 0.1) is 5.41 Å². The van der Waals surface area contributed by atoms with Crippen LogP contribution in [0.2, 0.25) is 0 Å². The number of dihydropyridines is 1. The third kappa shape index (κ3) is 3.42. The zero-order chi connectivity index (χ0) is 23.5. The molecule has 2 aliphatic carbocycles. The van der Waals surface area contributed by atoms with Crippen LogP contribution in [-0.2, 0) is 14.4 Å². The molecule has 5 rings (SSSR count). The van der Waals surface area contributed by atoms with Gasteiger partial charge in [-0.05, 0) is 65.2 Å². The van der Waals surface area contributed by atoms with Crippen LogP contribution in [-0.4, -0.2) is 65.8 Å². The quantitative estimate of drug-likeness (QED) is 0.602. The molecule has 0 saturated carbocycles. The maximum Gasteiger partial charge on any atom is 0.243 e. The van der Waals surface area contributed by atoms with E-state index in [-0.39, 0.29) is 30.3 Å². The van der Waals surface area contributed by atoms with Gasteiger partial charge in [-0.1, -0.05) is 17.7 Å². The van der Waals surface area contributed by atoms with Gasteiger partial charge in [0.15, 0.2) is 0 Å². The summed E-state index contributed by atoms with van der Waals surface area (Å²) in [5.41, 5.74) is 3.23. The summed E-state index contributed by atoms with van der Waals surface area (Å²) in [6.45, 7) is 7.30. The summed E-state index contributed by atoms with van der Waals surface area (Å²) in [6, 6.07) is -0.0221. The molecule has 3 amide bonds. The van der Waals surface area contributed by atoms with Gasteiger partial charge in [0.25, 0.3) is 0 Å². The van der Waals surface area contributed by atoms with E-state index in [4.69, 9.17) is 0 Å². The number of likely N-dealkylation sites (N-methyl/N-ethyl adjacent to an activating group) is 1. The molecular formula is C25H33N5O3. The van der Waals surface area contributed by atoms with E-state index >= 15 is 0 Å². The third-order valence-corrected chi connectivity index (χ3v) is 8.07. The SMILES string of the molecule is CC1CN(C)C(C)(C)C(=O)N1CC(=O)NC1=CC2=C(CC1)C[C@]1(C2)C(=O)NC2=C1C=CCN2. The number of fused-ring (bicyclic) bond motifs is 1. The molecule has 1 fully saturated rings. The summed E-state index contributed by atoms with van der Waals surface area (Å²) < 4.78 is 0. The second kappa shape index (κ2) is 7.58. The summed E-state index contributed by atoms with van der Waals surface area (Å²) in [6.07, 6.45) is 9.15. The van der Waals surface area contributed by atoms with Gasteiger partial charge in [-0.3, -0.25) is 19.3 Å². The minimum absolute atomic E-state index is 0.0221. The van der Waals surface area contributed by atoms with E-state index in [0.717, 1.165) is 55.0 Å². The van der Waals surface area contributed by atoms with Crippen molar-refractivity contribution in [1.29, 1.82) is 0 Å². The largest absolute Gasteiger partial charge is 0.368 e. The number of rotatable bonds is 3. The maximum absolute atomic E-state index is 13.0. The number of hydrogen-bond donors (Lipinski definition) is 3. The molecule has 1 saturated heterocycles. The first-order valence-electron chi connectivity index (χ1n) is 11.8. The topological polar surface area (TPSA) is 93.8 Å². The number of hydrogen-bond acceptors (Lipinski definition) is 5. The number of nitrogens with one attached hydrogen (secondary N) is 3. The van der Waals surface area contributed by atoms with E-state index in [9.17, 15) is 14.4 Å². The molecule has 33 heavy (non-hydrogen) atoms. The fourth-order valence-electron chi connectivity index (χ4n) is 5.83. The van der Waals surface area contributed by atoms with Gasteiger partial charge in [-0.2, -0.15) is 0 Å². The standard InChI is InChI=1S/C25H33N5O3/c1-15-13-29(4)24(2,3)23(33)30(15)14-20(31)27-18-8-7-16-11-25(12-17(16)10-18)19-6-5-9-26-21(19)28-22(25)32/h5-6,10,15,26H,7-9,11-14H2,1-4H3,(H,27,31)(H,28,32)/t15?,25-/m1/s1. The highest BCUT2D eigenvalue weighted by Gasteiger charge is 2.52. The molecule has 5 aliphatic rings. The summed E-state index contributed by atoms with van der Waals surface area (Å²) in [5, 5.41) is 9.34. The molecule has 3 aliphatic heterocycles. The van der Waals surface area contributed by atoms with E-state index in [0.29, 0.717) is 6.42 Å². The molecule has 1 spiro atoms. The number of piperazine rings is 1. The van der Waals surface area contributed by atoms with Crippen LogP contribution in [0.15, 0.2) is 46.5 Å². The molecule has 2 atom stereocenters. The summed E-state index contributed by atoms with van der Waals surface area (Å²) in [4.78, 5) is 42.5. The van der Waals surface area contributed by atoms with Crippen LogP contribution in [0.4, 0.5) is 0 Å². The van der Waals surface area contributed by atoms with Gasteiger partial charge in [-0.25, -0.2) is 0 Å². The number of amides is 3. The molecule has 0 aromatic heterocycles. The first kappa shape index (κ1) is 21.9. The molecule has 0 bridgehead atoms. The summed E-state index contributed by atoms with van der Waals surface area (Å²) in [5.74, 6) is 0.713. The van der Waals surface area contributed by atoms with Crippen molar-refractivity contribution in [2.24, 2.45) is 5.41 Å². The molecule has 0 aromatic rings. The Hall–Kier alpha value is -2.87. The predicted molar refractivity (Wildman–Crippen MR) is 124 cm³/mol. The average Bonchev–Trinajstić information content (AvgIpc) is 3.28. The zero-order valence-corrected chi connectivity index (χ0v) is 19.9. The summed E-state index contributed by atoms with van der Waals surface area (Å²) >= 11 is 0. The molecule has 1 unspecified atom stereocenters. The monoisotopic (exact) mass is 451 g/mol. The van der Waals surface area contributed by atoms with Gasteiger partial charge >= 0.3 is 0 Å². The molecule has 8 nitrogen and oxygen atoms in total. The zero-order valence-electron chi connectivity index (χ0n) is 19.9. The molecule has 8 heteroatoms. The number of allylic oxidation sites excluding steroid dienone is 5. The van der Waals surface area contributed by atoms with Gasteiger partial charge < -0.3 is 20.9 Å².